The van der Waals surface area contributed by atoms with Crippen molar-refractivity contribution in [3.8, 4) is 5.75 Å². The molecule has 0 bridgehead atoms. The van der Waals surface area contributed by atoms with Gasteiger partial charge in [-0.25, -0.2) is 0 Å². The largest absolute Gasteiger partial charge is 0.507 e. The van der Waals surface area contributed by atoms with Gasteiger partial charge in [0.1, 0.15) is 17.4 Å². The molecule has 2 saturated carbocycles. The first-order valence-corrected chi connectivity index (χ1v) is 12.7. The number of aliphatic hydroxyl groups is 3. The van der Waals surface area contributed by atoms with Gasteiger partial charge in [0.25, 0.3) is 0 Å². The third-order valence-electron chi connectivity index (χ3n) is 8.59. The van der Waals surface area contributed by atoms with Crippen LogP contribution in [-0.4, -0.2) is 74.6 Å². The fraction of sp³-hybridized carbons (Fsp3) is 0.414. The summed E-state index contributed by atoms with van der Waals surface area (Å²) in [5, 5.41) is 44.7. The molecule has 0 heterocycles. The summed E-state index contributed by atoms with van der Waals surface area (Å²) in [7, 11) is 3.26. The first kappa shape index (κ1) is 26.1. The zero-order valence-electron chi connectivity index (χ0n) is 21.3. The zero-order chi connectivity index (χ0) is 27.5. The highest BCUT2D eigenvalue weighted by atomic mass is 16.3. The van der Waals surface area contributed by atoms with Crippen LogP contribution in [0.4, 0.5) is 0 Å². The summed E-state index contributed by atoms with van der Waals surface area (Å²) < 4.78 is 0. The fourth-order valence-corrected chi connectivity index (χ4v) is 6.83. The maximum Gasteiger partial charge on any atom is 0.230 e. The highest BCUT2D eigenvalue weighted by molar-refractivity contribution is 6.25. The van der Waals surface area contributed by atoms with Crippen molar-refractivity contribution in [3.05, 3.63) is 70.3 Å². The minimum absolute atomic E-state index is 0.103. The molecule has 0 saturated heterocycles. The number of hydrogen-bond donors (Lipinski definition) is 5. The third kappa shape index (κ3) is 3.76. The van der Waals surface area contributed by atoms with E-state index in [1.165, 1.54) is 6.07 Å². The molecule has 6 atom stereocenters. The number of carbonyl (C=O) groups excluding carboxylic acids is 3. The molecule has 3 aliphatic carbocycles. The van der Waals surface area contributed by atoms with Crippen LogP contribution in [-0.2, 0) is 33.6 Å². The molecule has 200 valence electrons. The molecular weight excluding hydrogens is 488 g/mol. The molecule has 38 heavy (non-hydrogen) atoms. The van der Waals surface area contributed by atoms with E-state index < -0.39 is 58.7 Å². The molecular formula is C29H32N2O7. The van der Waals surface area contributed by atoms with Crippen molar-refractivity contribution < 1.29 is 34.8 Å². The summed E-state index contributed by atoms with van der Waals surface area (Å²) in [5.74, 6) is -7.35. The van der Waals surface area contributed by atoms with Gasteiger partial charge < -0.3 is 31.1 Å². The summed E-state index contributed by atoms with van der Waals surface area (Å²) in [6.07, 6.45) is 0.273. The zero-order valence-corrected chi connectivity index (χ0v) is 21.3. The van der Waals surface area contributed by atoms with Crippen LogP contribution in [0.5, 0.6) is 5.75 Å². The number of amides is 1. The second-order valence-electron chi connectivity index (χ2n) is 10.9. The lowest BCUT2D eigenvalue weighted by Crippen LogP contribution is -2.73. The summed E-state index contributed by atoms with van der Waals surface area (Å²) in [6, 6.07) is 12.3. The number of rotatable bonds is 5. The van der Waals surface area contributed by atoms with Crippen LogP contribution in [0.15, 0.2) is 48.0 Å². The lowest BCUT2D eigenvalue weighted by atomic mass is 9.54. The van der Waals surface area contributed by atoms with Crippen LogP contribution in [0, 0.1) is 17.8 Å². The van der Waals surface area contributed by atoms with Crippen molar-refractivity contribution in [3.63, 3.8) is 0 Å². The normalized spacial score (nSPS) is 30.6. The number of primary amides is 1. The van der Waals surface area contributed by atoms with Crippen molar-refractivity contribution in [2.45, 2.75) is 43.4 Å². The van der Waals surface area contributed by atoms with E-state index in [2.05, 4.69) is 0 Å². The number of phenols is 1. The molecule has 3 aliphatic rings. The van der Waals surface area contributed by atoms with Gasteiger partial charge in [-0.1, -0.05) is 36.4 Å². The fourth-order valence-electron chi connectivity index (χ4n) is 6.83. The molecule has 6 N–H and O–H groups in total. The minimum atomic E-state index is -2.65. The van der Waals surface area contributed by atoms with E-state index in [0.717, 1.165) is 17.5 Å². The quantitative estimate of drug-likeness (QED) is 0.364. The van der Waals surface area contributed by atoms with Gasteiger partial charge in [-0.15, -0.1) is 0 Å². The van der Waals surface area contributed by atoms with E-state index in [1.54, 1.807) is 19.0 Å². The Morgan fingerprint density at radius 2 is 1.76 bits per heavy atom. The first-order valence-electron chi connectivity index (χ1n) is 12.7. The number of fused-ring (bicyclic) bond motifs is 3. The van der Waals surface area contributed by atoms with Gasteiger partial charge in [0.05, 0.1) is 11.7 Å². The number of aromatic hydroxyl groups is 1. The molecule has 0 aromatic heterocycles. The second kappa shape index (κ2) is 9.34. The molecule has 1 amide bonds. The van der Waals surface area contributed by atoms with Crippen LogP contribution < -0.4 is 5.73 Å². The van der Waals surface area contributed by atoms with Crippen molar-refractivity contribution in [2.75, 3.05) is 14.1 Å². The average molecular weight is 521 g/mol. The van der Waals surface area contributed by atoms with Gasteiger partial charge in [-0.3, -0.25) is 14.4 Å². The smallest absolute Gasteiger partial charge is 0.230 e. The van der Waals surface area contributed by atoms with Gasteiger partial charge >= 0.3 is 0 Å². The van der Waals surface area contributed by atoms with Crippen molar-refractivity contribution in [1.29, 1.82) is 0 Å². The number of carbonyl (C=O) groups is 3. The highest BCUT2D eigenvalue weighted by Crippen LogP contribution is 2.52. The summed E-state index contributed by atoms with van der Waals surface area (Å²) in [6.45, 7) is 0. The lowest BCUT2D eigenvalue weighted by molar-refractivity contribution is -0.184. The standard InChI is InChI=1S/C29H32N2O7/c1-31(2)23-18-13-16-12-17-15(9-8-14-6-4-3-5-7-14)10-11-19(32)21(17)24(33)20(16)26(35)29(18,38)27(36)22(25(23)34)28(30)37/h3-7,10-11,16,18,22-23,25,32-34,38H,8-9,12-13H2,1-2H3,(H2,30,37)/t16-,18-,22?,23-,25?,29-/m1/s1. The lowest BCUT2D eigenvalue weighted by Gasteiger charge is -2.53. The molecule has 0 aliphatic heterocycles. The molecule has 2 aromatic carbocycles. The Morgan fingerprint density at radius 1 is 1.08 bits per heavy atom. The van der Waals surface area contributed by atoms with Crippen molar-refractivity contribution in [2.24, 2.45) is 23.5 Å². The van der Waals surface area contributed by atoms with Crippen LogP contribution in [0.25, 0.3) is 5.76 Å². The molecule has 0 spiro atoms. The van der Waals surface area contributed by atoms with Crippen LogP contribution >= 0.6 is 0 Å². The van der Waals surface area contributed by atoms with E-state index >= 15 is 0 Å². The predicted octanol–water partition coefficient (Wildman–Crippen LogP) is 0.914. The average Bonchev–Trinajstić information content (AvgIpc) is 2.86. The number of aliphatic hydroxyl groups excluding tert-OH is 2. The number of ketones is 2. The topological polar surface area (TPSA) is 161 Å². The van der Waals surface area contributed by atoms with E-state index in [4.69, 9.17) is 5.73 Å². The molecule has 2 fully saturated rings. The maximum atomic E-state index is 13.9. The second-order valence-corrected chi connectivity index (χ2v) is 10.9. The minimum Gasteiger partial charge on any atom is -0.507 e. The summed E-state index contributed by atoms with van der Waals surface area (Å²) in [5.41, 5.74) is 5.51. The highest BCUT2D eigenvalue weighted by Gasteiger charge is 2.67. The Kier molecular flexibility index (Phi) is 6.41. The van der Waals surface area contributed by atoms with Gasteiger partial charge in [0, 0.05) is 17.5 Å². The van der Waals surface area contributed by atoms with Crippen molar-refractivity contribution >= 4 is 23.2 Å². The van der Waals surface area contributed by atoms with Gasteiger partial charge in [0.15, 0.2) is 11.4 Å². The van der Waals surface area contributed by atoms with Crippen LogP contribution in [0.1, 0.15) is 28.7 Å². The monoisotopic (exact) mass is 520 g/mol. The molecule has 5 rings (SSSR count). The number of aryl methyl sites for hydroxylation is 2. The maximum absolute atomic E-state index is 13.9. The Bertz CT molecular complexity index is 1350. The number of phenolic OH excluding ortho intramolecular Hbond substituents is 1. The number of Topliss-reactive ketones (excluding diaryl/α,β-unsaturated/α-hetero) is 2. The molecule has 9 nitrogen and oxygen atoms in total. The van der Waals surface area contributed by atoms with E-state index in [0.29, 0.717) is 18.4 Å². The number of benzene rings is 2. The number of likely N-dealkylation sites (N-methyl/N-ethyl adjacent to an activating group) is 1. The molecule has 9 heteroatoms. The molecule has 0 radical (unpaired) electrons. The Morgan fingerprint density at radius 3 is 2.39 bits per heavy atom. The number of hydrogen-bond acceptors (Lipinski definition) is 8. The SMILES string of the molecule is CN(C)[C@H]1C(O)C(C(N)=O)C(=O)[C@]2(O)C(=O)C3=C(O)c4c(O)ccc(CCc5ccccc5)c4C[C@@H]3C[C@H]12. The molecule has 2 unspecified atom stereocenters. The first-order chi connectivity index (χ1) is 18.0. The Labute approximate surface area is 220 Å². The van der Waals surface area contributed by atoms with Gasteiger partial charge in [-0.2, -0.15) is 0 Å². The van der Waals surface area contributed by atoms with Crippen molar-refractivity contribution in [1.82, 2.24) is 4.90 Å². The van der Waals surface area contributed by atoms with E-state index in [9.17, 15) is 34.8 Å². The predicted molar refractivity (Wildman–Crippen MR) is 138 cm³/mol. The number of nitrogens with two attached hydrogens (primary N) is 1. The van der Waals surface area contributed by atoms with E-state index in [-0.39, 0.29) is 23.3 Å². The summed E-state index contributed by atoms with van der Waals surface area (Å²) >= 11 is 0. The molecule has 2 aromatic rings. The van der Waals surface area contributed by atoms with E-state index in [1.807, 2.05) is 36.4 Å². The Balaban J connectivity index is 1.60. The third-order valence-corrected chi connectivity index (χ3v) is 8.59. The van der Waals surface area contributed by atoms with Crippen LogP contribution in [0.2, 0.25) is 0 Å². The Hall–Kier alpha value is -3.53. The summed E-state index contributed by atoms with van der Waals surface area (Å²) in [4.78, 5) is 41.0. The van der Waals surface area contributed by atoms with Gasteiger partial charge in [-0.05, 0) is 68.5 Å². The van der Waals surface area contributed by atoms with Gasteiger partial charge in [0.2, 0.25) is 11.7 Å². The van der Waals surface area contributed by atoms with Crippen LogP contribution in [0.3, 0.4) is 0 Å². The number of nitrogens with zero attached hydrogens (tertiary/aromatic N) is 1.